The molecule has 2 heterocycles. The Bertz CT molecular complexity index is 532. The van der Waals surface area contributed by atoms with Crippen LogP contribution in [0.2, 0.25) is 0 Å². The average molecular weight is 293 g/mol. The van der Waals surface area contributed by atoms with E-state index < -0.39 is 6.09 Å². The van der Waals surface area contributed by atoms with Gasteiger partial charge in [0.25, 0.3) is 0 Å². The summed E-state index contributed by atoms with van der Waals surface area (Å²) in [5, 5.41) is 3.24. The predicted octanol–water partition coefficient (Wildman–Crippen LogP) is 1.97. The number of nitrogens with one attached hydrogen (secondary N) is 1. The number of amides is 1. The number of ether oxygens (including phenoxy) is 1. The molecule has 3 rings (SSSR count). The number of piperazine rings is 1. The molecule has 114 valence electrons. The fraction of sp³-hybridized carbons (Fsp3) is 0.533. The molecule has 0 spiro atoms. The largest absolute Gasteiger partial charge is 0.444 e. The summed E-state index contributed by atoms with van der Waals surface area (Å²) in [4.78, 5) is 15.3. The summed E-state index contributed by atoms with van der Waals surface area (Å²) in [7, 11) is 0. The van der Waals surface area contributed by atoms with E-state index in [9.17, 15) is 9.18 Å². The second-order valence-corrected chi connectivity index (χ2v) is 5.40. The van der Waals surface area contributed by atoms with E-state index in [1.807, 2.05) is 11.8 Å². The molecule has 1 aromatic carbocycles. The monoisotopic (exact) mass is 293 g/mol. The molecule has 21 heavy (non-hydrogen) atoms. The summed E-state index contributed by atoms with van der Waals surface area (Å²) in [5.41, 5.74) is 1.16. The van der Waals surface area contributed by atoms with Crippen molar-refractivity contribution >= 4 is 17.5 Å². The van der Waals surface area contributed by atoms with Gasteiger partial charge in [-0.3, -0.25) is 4.90 Å². The van der Waals surface area contributed by atoms with Crippen LogP contribution in [0.3, 0.4) is 0 Å². The lowest BCUT2D eigenvalue weighted by Gasteiger charge is -2.30. The molecule has 2 aliphatic heterocycles. The van der Waals surface area contributed by atoms with E-state index in [4.69, 9.17) is 4.74 Å². The molecule has 0 aliphatic carbocycles. The van der Waals surface area contributed by atoms with Gasteiger partial charge < -0.3 is 15.0 Å². The van der Waals surface area contributed by atoms with Crippen molar-refractivity contribution in [2.75, 3.05) is 42.5 Å². The topological polar surface area (TPSA) is 44.8 Å². The third-order valence-electron chi connectivity index (χ3n) is 4.03. The minimum Gasteiger partial charge on any atom is -0.444 e. The Morgan fingerprint density at radius 2 is 2.14 bits per heavy atom. The second-order valence-electron chi connectivity index (χ2n) is 5.40. The normalized spacial score (nSPS) is 22.6. The number of halogens is 1. The molecule has 2 fully saturated rings. The molecular formula is C15H20FN3O2. The van der Waals surface area contributed by atoms with Crippen LogP contribution in [0.1, 0.15) is 13.3 Å². The van der Waals surface area contributed by atoms with E-state index in [0.29, 0.717) is 17.9 Å². The van der Waals surface area contributed by atoms with E-state index in [1.54, 1.807) is 12.1 Å². The molecule has 1 aromatic rings. The highest BCUT2D eigenvalue weighted by molar-refractivity contribution is 5.90. The molecule has 6 heteroatoms. The van der Waals surface area contributed by atoms with Crippen LogP contribution in [0.5, 0.6) is 0 Å². The maximum absolute atomic E-state index is 14.4. The van der Waals surface area contributed by atoms with Crippen molar-refractivity contribution in [3.8, 4) is 0 Å². The van der Waals surface area contributed by atoms with E-state index in [2.05, 4.69) is 5.32 Å². The van der Waals surface area contributed by atoms with Crippen molar-refractivity contribution in [3.05, 3.63) is 24.0 Å². The molecular weight excluding hydrogens is 273 g/mol. The number of cyclic esters (lactones) is 1. The molecule has 1 amide bonds. The SMILES string of the molecule is CC[C@H]1CN(c2ccc(N3CCNCC3)c(F)c2)C(=O)O1. The Hall–Kier alpha value is -1.82. The van der Waals surface area contributed by atoms with Gasteiger partial charge in [0.15, 0.2) is 0 Å². The van der Waals surface area contributed by atoms with Gasteiger partial charge in [0.2, 0.25) is 0 Å². The van der Waals surface area contributed by atoms with Crippen molar-refractivity contribution in [1.82, 2.24) is 5.32 Å². The van der Waals surface area contributed by atoms with Gasteiger partial charge in [0, 0.05) is 26.2 Å². The maximum Gasteiger partial charge on any atom is 0.414 e. The van der Waals surface area contributed by atoms with Gasteiger partial charge in [-0.05, 0) is 24.6 Å². The van der Waals surface area contributed by atoms with Gasteiger partial charge in [0.05, 0.1) is 17.9 Å². The number of benzene rings is 1. The first kappa shape index (κ1) is 14.1. The van der Waals surface area contributed by atoms with Crippen LogP contribution in [0, 0.1) is 5.82 Å². The first-order chi connectivity index (χ1) is 10.2. The molecule has 5 nitrogen and oxygen atoms in total. The first-order valence-electron chi connectivity index (χ1n) is 7.42. The first-order valence-corrected chi connectivity index (χ1v) is 7.42. The van der Waals surface area contributed by atoms with E-state index in [0.717, 1.165) is 32.6 Å². The Morgan fingerprint density at radius 3 is 2.76 bits per heavy atom. The van der Waals surface area contributed by atoms with E-state index in [1.165, 1.54) is 11.0 Å². The summed E-state index contributed by atoms with van der Waals surface area (Å²) in [6.07, 6.45) is 0.272. The number of carbonyl (C=O) groups is 1. The second kappa shape index (κ2) is 5.89. The van der Waals surface area contributed by atoms with Crippen molar-refractivity contribution in [2.45, 2.75) is 19.4 Å². The summed E-state index contributed by atoms with van der Waals surface area (Å²) in [5.74, 6) is -0.290. The number of rotatable bonds is 3. The predicted molar refractivity (Wildman–Crippen MR) is 79.4 cm³/mol. The average Bonchev–Trinajstić information content (AvgIpc) is 2.89. The van der Waals surface area contributed by atoms with Gasteiger partial charge in [0.1, 0.15) is 11.9 Å². The minimum atomic E-state index is -0.392. The van der Waals surface area contributed by atoms with Crippen molar-refractivity contribution in [3.63, 3.8) is 0 Å². The Kier molecular flexibility index (Phi) is 3.96. The van der Waals surface area contributed by atoms with Crippen molar-refractivity contribution < 1.29 is 13.9 Å². The molecule has 1 atom stereocenters. The summed E-state index contributed by atoms with van der Waals surface area (Å²) in [6, 6.07) is 4.97. The number of hydrogen-bond donors (Lipinski definition) is 1. The van der Waals surface area contributed by atoms with Gasteiger partial charge in [-0.1, -0.05) is 6.92 Å². The number of hydrogen-bond acceptors (Lipinski definition) is 4. The number of carbonyl (C=O) groups excluding carboxylic acids is 1. The molecule has 2 aliphatic rings. The van der Waals surface area contributed by atoms with Gasteiger partial charge in [-0.25, -0.2) is 9.18 Å². The minimum absolute atomic E-state index is 0.103. The fourth-order valence-corrected chi connectivity index (χ4v) is 2.77. The number of nitrogens with zero attached hydrogens (tertiary/aromatic N) is 2. The van der Waals surface area contributed by atoms with Gasteiger partial charge >= 0.3 is 6.09 Å². The highest BCUT2D eigenvalue weighted by Crippen LogP contribution is 2.28. The standard InChI is InChI=1S/C15H20FN3O2/c1-2-12-10-19(15(20)21-12)11-3-4-14(13(16)9-11)18-7-5-17-6-8-18/h3-4,9,12,17H,2,5-8,10H2,1H3/t12-/m0/s1. The van der Waals surface area contributed by atoms with E-state index >= 15 is 0 Å². The summed E-state index contributed by atoms with van der Waals surface area (Å²) in [6.45, 7) is 5.76. The zero-order valence-electron chi connectivity index (χ0n) is 12.1. The molecule has 0 radical (unpaired) electrons. The maximum atomic E-state index is 14.4. The summed E-state index contributed by atoms with van der Waals surface area (Å²) >= 11 is 0. The third-order valence-corrected chi connectivity index (χ3v) is 4.03. The van der Waals surface area contributed by atoms with Gasteiger partial charge in [-0.2, -0.15) is 0 Å². The van der Waals surface area contributed by atoms with Crippen LogP contribution < -0.4 is 15.1 Å². The molecule has 2 saturated heterocycles. The lowest BCUT2D eigenvalue weighted by molar-refractivity contribution is 0.139. The molecule has 0 aromatic heterocycles. The lowest BCUT2D eigenvalue weighted by atomic mass is 10.2. The van der Waals surface area contributed by atoms with Crippen molar-refractivity contribution in [1.29, 1.82) is 0 Å². The van der Waals surface area contributed by atoms with Crippen LogP contribution in [0.4, 0.5) is 20.6 Å². The van der Waals surface area contributed by atoms with Crippen LogP contribution >= 0.6 is 0 Å². The Balaban J connectivity index is 1.79. The third kappa shape index (κ3) is 2.81. The fourth-order valence-electron chi connectivity index (χ4n) is 2.77. The Labute approximate surface area is 123 Å². The van der Waals surface area contributed by atoms with Crippen LogP contribution in [-0.4, -0.2) is 44.9 Å². The smallest absolute Gasteiger partial charge is 0.414 e. The summed E-state index contributed by atoms with van der Waals surface area (Å²) < 4.78 is 19.6. The Morgan fingerprint density at radius 1 is 1.38 bits per heavy atom. The number of anilines is 2. The highest BCUT2D eigenvalue weighted by atomic mass is 19.1. The molecule has 1 N–H and O–H groups in total. The zero-order chi connectivity index (χ0) is 14.8. The van der Waals surface area contributed by atoms with Crippen molar-refractivity contribution in [2.24, 2.45) is 0 Å². The van der Waals surface area contributed by atoms with Crippen LogP contribution in [-0.2, 0) is 4.74 Å². The molecule has 0 unspecified atom stereocenters. The van der Waals surface area contributed by atoms with E-state index in [-0.39, 0.29) is 11.9 Å². The van der Waals surface area contributed by atoms with Crippen LogP contribution in [0.15, 0.2) is 18.2 Å². The van der Waals surface area contributed by atoms with Crippen LogP contribution in [0.25, 0.3) is 0 Å². The zero-order valence-corrected chi connectivity index (χ0v) is 12.1. The molecule has 0 bridgehead atoms. The highest BCUT2D eigenvalue weighted by Gasteiger charge is 2.31. The quantitative estimate of drug-likeness (QED) is 0.925. The molecule has 0 saturated carbocycles. The lowest BCUT2D eigenvalue weighted by Crippen LogP contribution is -2.43. The van der Waals surface area contributed by atoms with Gasteiger partial charge in [-0.15, -0.1) is 0 Å².